The van der Waals surface area contributed by atoms with Gasteiger partial charge in [0.2, 0.25) is 0 Å². The lowest BCUT2D eigenvalue weighted by Crippen LogP contribution is -1.92. The van der Waals surface area contributed by atoms with E-state index in [1.54, 1.807) is 12.1 Å². The van der Waals surface area contributed by atoms with Crippen LogP contribution in [0.4, 0.5) is 0 Å². The van der Waals surface area contributed by atoms with Gasteiger partial charge < -0.3 is 0 Å². The van der Waals surface area contributed by atoms with Crippen molar-refractivity contribution in [3.63, 3.8) is 0 Å². The van der Waals surface area contributed by atoms with Crippen molar-refractivity contribution in [3.8, 4) is 11.4 Å². The van der Waals surface area contributed by atoms with Gasteiger partial charge in [-0.15, -0.1) is 10.2 Å². The Kier molecular flexibility index (Phi) is 2.41. The third kappa shape index (κ3) is 1.59. The molecule has 0 aliphatic rings. The fourth-order valence-corrected chi connectivity index (χ4v) is 1.99. The third-order valence-corrected chi connectivity index (χ3v) is 2.96. The number of benzene rings is 1. The predicted molar refractivity (Wildman–Crippen MR) is 68.5 cm³/mol. The fraction of sp³-hybridized carbons (Fsp3) is 0.0714. The molecule has 0 aliphatic carbocycles. The van der Waals surface area contributed by atoms with Crippen molar-refractivity contribution in [2.24, 2.45) is 0 Å². The van der Waals surface area contributed by atoms with Gasteiger partial charge in [0.15, 0.2) is 11.5 Å². The molecule has 1 aromatic carbocycles. The highest BCUT2D eigenvalue weighted by molar-refractivity contribution is 5.77. The summed E-state index contributed by atoms with van der Waals surface area (Å²) in [7, 11) is 0. The maximum atomic E-state index is 10.7. The monoisotopic (exact) mass is 237 g/mol. The topological polar surface area (TPSA) is 47.3 Å². The number of aldehydes is 1. The largest absolute Gasteiger partial charge is 0.298 e. The third-order valence-electron chi connectivity index (χ3n) is 2.96. The van der Waals surface area contributed by atoms with Gasteiger partial charge in [-0.05, 0) is 24.6 Å². The number of carbonyl (C=O) groups excluding carboxylic acids is 1. The van der Waals surface area contributed by atoms with Crippen LogP contribution >= 0.6 is 0 Å². The van der Waals surface area contributed by atoms with Gasteiger partial charge in [-0.2, -0.15) is 0 Å². The zero-order valence-electron chi connectivity index (χ0n) is 9.87. The lowest BCUT2D eigenvalue weighted by atomic mass is 10.1. The number of fused-ring (bicyclic) bond motifs is 1. The number of nitrogens with zero attached hydrogens (tertiary/aromatic N) is 3. The smallest absolute Gasteiger partial charge is 0.168 e. The number of rotatable bonds is 2. The maximum absolute atomic E-state index is 10.7. The second-order valence-electron chi connectivity index (χ2n) is 4.14. The Morgan fingerprint density at radius 2 is 2.00 bits per heavy atom. The summed E-state index contributed by atoms with van der Waals surface area (Å²) in [4.78, 5) is 10.7. The van der Waals surface area contributed by atoms with Gasteiger partial charge in [0, 0.05) is 17.3 Å². The molecule has 0 radical (unpaired) electrons. The van der Waals surface area contributed by atoms with E-state index in [1.165, 1.54) is 0 Å². The van der Waals surface area contributed by atoms with Crippen LogP contribution in [0, 0.1) is 6.92 Å². The van der Waals surface area contributed by atoms with Gasteiger partial charge in [0.25, 0.3) is 0 Å². The van der Waals surface area contributed by atoms with Crippen molar-refractivity contribution >= 4 is 11.9 Å². The SMILES string of the molecule is Cc1ccccc1-c1nnc2cc(C=O)ccn12. The Balaban J connectivity index is 2.25. The Bertz CT molecular complexity index is 731. The second kappa shape index (κ2) is 4.07. The van der Waals surface area contributed by atoms with Crippen molar-refractivity contribution < 1.29 is 4.79 Å². The molecular formula is C14H11N3O. The first-order valence-corrected chi connectivity index (χ1v) is 5.65. The lowest BCUT2D eigenvalue weighted by Gasteiger charge is -2.03. The summed E-state index contributed by atoms with van der Waals surface area (Å²) in [5.41, 5.74) is 3.47. The number of aryl methyl sites for hydroxylation is 1. The summed E-state index contributed by atoms with van der Waals surface area (Å²) >= 11 is 0. The predicted octanol–water partition coefficient (Wildman–Crippen LogP) is 2.52. The first kappa shape index (κ1) is 10.7. The van der Waals surface area contributed by atoms with Crippen molar-refractivity contribution in [2.75, 3.05) is 0 Å². The summed E-state index contributed by atoms with van der Waals surface area (Å²) in [5, 5.41) is 8.30. The second-order valence-corrected chi connectivity index (χ2v) is 4.14. The van der Waals surface area contributed by atoms with E-state index >= 15 is 0 Å². The first-order chi connectivity index (χ1) is 8.79. The maximum Gasteiger partial charge on any atom is 0.168 e. The van der Waals surface area contributed by atoms with Gasteiger partial charge in [-0.25, -0.2) is 0 Å². The minimum atomic E-state index is 0.603. The highest BCUT2D eigenvalue weighted by Crippen LogP contribution is 2.21. The molecule has 0 N–H and O–H groups in total. The number of aromatic nitrogens is 3. The number of hydrogen-bond acceptors (Lipinski definition) is 3. The van der Waals surface area contributed by atoms with Crippen molar-refractivity contribution in [3.05, 3.63) is 53.7 Å². The van der Waals surface area contributed by atoms with Gasteiger partial charge in [0.1, 0.15) is 6.29 Å². The van der Waals surface area contributed by atoms with Crippen LogP contribution < -0.4 is 0 Å². The highest BCUT2D eigenvalue weighted by atomic mass is 16.1. The fourth-order valence-electron chi connectivity index (χ4n) is 1.99. The number of pyridine rings is 1. The molecule has 0 unspecified atom stereocenters. The average molecular weight is 237 g/mol. The molecule has 4 nitrogen and oxygen atoms in total. The normalized spacial score (nSPS) is 10.7. The van der Waals surface area contributed by atoms with E-state index in [-0.39, 0.29) is 0 Å². The van der Waals surface area contributed by atoms with Crippen molar-refractivity contribution in [2.45, 2.75) is 6.92 Å². The minimum absolute atomic E-state index is 0.603. The van der Waals surface area contributed by atoms with Crippen LogP contribution in [0.5, 0.6) is 0 Å². The van der Waals surface area contributed by atoms with Crippen LogP contribution in [-0.2, 0) is 0 Å². The van der Waals surface area contributed by atoms with Crippen molar-refractivity contribution in [1.82, 2.24) is 14.6 Å². The first-order valence-electron chi connectivity index (χ1n) is 5.65. The molecule has 0 fully saturated rings. The molecule has 0 spiro atoms. The molecule has 3 rings (SSSR count). The Morgan fingerprint density at radius 1 is 1.17 bits per heavy atom. The summed E-state index contributed by atoms with van der Waals surface area (Å²) in [6, 6.07) is 11.5. The quantitative estimate of drug-likeness (QED) is 0.643. The molecular weight excluding hydrogens is 226 g/mol. The van der Waals surface area contributed by atoms with Gasteiger partial charge in [-0.3, -0.25) is 9.20 Å². The average Bonchev–Trinajstić information content (AvgIpc) is 2.82. The molecule has 0 saturated carbocycles. The van der Waals surface area contributed by atoms with E-state index in [9.17, 15) is 4.79 Å². The zero-order chi connectivity index (χ0) is 12.5. The van der Waals surface area contributed by atoms with Crippen LogP contribution in [0.1, 0.15) is 15.9 Å². The van der Waals surface area contributed by atoms with Gasteiger partial charge >= 0.3 is 0 Å². The minimum Gasteiger partial charge on any atom is -0.298 e. The van der Waals surface area contributed by atoms with Crippen LogP contribution in [0.2, 0.25) is 0 Å². The summed E-state index contributed by atoms with van der Waals surface area (Å²) in [5.74, 6) is 0.792. The van der Waals surface area contributed by atoms with E-state index < -0.39 is 0 Å². The Morgan fingerprint density at radius 3 is 2.78 bits per heavy atom. The zero-order valence-corrected chi connectivity index (χ0v) is 9.87. The molecule has 2 aromatic heterocycles. The highest BCUT2D eigenvalue weighted by Gasteiger charge is 2.09. The summed E-state index contributed by atoms with van der Waals surface area (Å²) < 4.78 is 1.88. The van der Waals surface area contributed by atoms with Crippen LogP contribution in [-0.4, -0.2) is 20.9 Å². The van der Waals surface area contributed by atoms with Gasteiger partial charge in [-0.1, -0.05) is 24.3 Å². The van der Waals surface area contributed by atoms with Crippen LogP contribution in [0.3, 0.4) is 0 Å². The standard InChI is InChI=1S/C14H11N3O/c1-10-4-2-3-5-12(10)14-16-15-13-8-11(9-18)6-7-17(13)14/h2-9H,1H3. The Labute approximate surface area is 104 Å². The molecule has 0 bridgehead atoms. The van der Waals surface area contributed by atoms with Crippen LogP contribution in [0.25, 0.3) is 17.0 Å². The molecule has 0 amide bonds. The van der Waals surface area contributed by atoms with E-state index in [0.717, 1.165) is 23.2 Å². The Hall–Kier alpha value is -2.49. The number of carbonyl (C=O) groups is 1. The molecule has 3 aromatic rings. The van der Waals surface area contributed by atoms with Crippen LogP contribution in [0.15, 0.2) is 42.6 Å². The van der Waals surface area contributed by atoms with Gasteiger partial charge in [0.05, 0.1) is 0 Å². The summed E-state index contributed by atoms with van der Waals surface area (Å²) in [6.07, 6.45) is 2.63. The van der Waals surface area contributed by atoms with E-state index in [1.807, 2.05) is 41.8 Å². The molecule has 88 valence electrons. The molecule has 0 aliphatic heterocycles. The van der Waals surface area contributed by atoms with E-state index in [0.29, 0.717) is 11.2 Å². The van der Waals surface area contributed by atoms with Crippen molar-refractivity contribution in [1.29, 1.82) is 0 Å². The molecule has 2 heterocycles. The molecule has 0 atom stereocenters. The van der Waals surface area contributed by atoms with E-state index in [2.05, 4.69) is 10.2 Å². The molecule has 4 heteroatoms. The lowest BCUT2D eigenvalue weighted by molar-refractivity contribution is 0.112. The summed E-state index contributed by atoms with van der Waals surface area (Å²) in [6.45, 7) is 2.04. The number of hydrogen-bond donors (Lipinski definition) is 0. The molecule has 0 saturated heterocycles. The van der Waals surface area contributed by atoms with E-state index in [4.69, 9.17) is 0 Å². The molecule has 18 heavy (non-hydrogen) atoms.